The van der Waals surface area contributed by atoms with E-state index in [1.54, 1.807) is 13.2 Å². The highest BCUT2D eigenvalue weighted by molar-refractivity contribution is 5.72. The van der Waals surface area contributed by atoms with Gasteiger partial charge in [0, 0.05) is 31.3 Å². The minimum absolute atomic E-state index is 0.109. The van der Waals surface area contributed by atoms with Crippen molar-refractivity contribution in [3.63, 3.8) is 0 Å². The second-order valence-corrected chi connectivity index (χ2v) is 10.4. The van der Waals surface area contributed by atoms with Gasteiger partial charge in [0.25, 0.3) is 0 Å². The Kier molecular flexibility index (Phi) is 10.4. The SMILES string of the molecule is COC[C@H](Nc1cc(-c2cn(Cc3cccc(N4CCCC4)n3)nn2)cc(-c2cccc(C#N)c2)n1)c1ccccc1.O=C=O. The number of ether oxygens (including phenoxy) is 1. The molecular weight excluding hydrogens is 568 g/mol. The molecular formula is C34H32N8O3. The summed E-state index contributed by atoms with van der Waals surface area (Å²) in [6.45, 7) is 3.09. The predicted octanol–water partition coefficient (Wildman–Crippen LogP) is 5.14. The van der Waals surface area contributed by atoms with Gasteiger partial charge in [-0.3, -0.25) is 0 Å². The summed E-state index contributed by atoms with van der Waals surface area (Å²) in [4.78, 5) is 28.4. The van der Waals surface area contributed by atoms with Gasteiger partial charge in [0.1, 0.15) is 17.3 Å². The molecule has 0 amide bonds. The van der Waals surface area contributed by atoms with Crippen LogP contribution in [0.15, 0.2) is 91.1 Å². The van der Waals surface area contributed by atoms with Gasteiger partial charge in [-0.2, -0.15) is 14.9 Å². The van der Waals surface area contributed by atoms with Crippen LogP contribution in [0.1, 0.15) is 35.7 Å². The average molecular weight is 601 g/mol. The van der Waals surface area contributed by atoms with Crippen molar-refractivity contribution in [1.82, 2.24) is 25.0 Å². The Balaban J connectivity index is 0.00000128. The Bertz CT molecular complexity index is 1790. The van der Waals surface area contributed by atoms with Crippen molar-refractivity contribution in [2.45, 2.75) is 25.4 Å². The van der Waals surface area contributed by atoms with Gasteiger partial charge in [-0.25, -0.2) is 14.6 Å². The number of benzene rings is 2. The first kappa shape index (κ1) is 30.8. The minimum atomic E-state index is -0.109. The van der Waals surface area contributed by atoms with E-state index in [-0.39, 0.29) is 12.2 Å². The first-order chi connectivity index (χ1) is 22.1. The third-order valence-electron chi connectivity index (χ3n) is 7.35. The number of hydrogen-bond donors (Lipinski definition) is 1. The van der Waals surface area contributed by atoms with Crippen LogP contribution in [-0.4, -0.2) is 57.9 Å². The zero-order valence-electron chi connectivity index (χ0n) is 24.8. The van der Waals surface area contributed by atoms with Crippen LogP contribution in [0.3, 0.4) is 0 Å². The molecule has 0 spiro atoms. The van der Waals surface area contributed by atoms with E-state index in [1.807, 2.05) is 65.5 Å². The molecule has 45 heavy (non-hydrogen) atoms. The number of nitrogens with zero attached hydrogens (tertiary/aromatic N) is 7. The number of hydrogen-bond acceptors (Lipinski definition) is 10. The molecule has 2 aromatic carbocycles. The van der Waals surface area contributed by atoms with E-state index in [9.17, 15) is 5.26 Å². The largest absolute Gasteiger partial charge is 0.382 e. The molecule has 5 aromatic rings. The lowest BCUT2D eigenvalue weighted by Crippen LogP contribution is -2.19. The molecule has 0 saturated carbocycles. The summed E-state index contributed by atoms with van der Waals surface area (Å²) in [5, 5.41) is 22.0. The fraction of sp³-hybridized carbons (Fsp3) is 0.235. The lowest BCUT2D eigenvalue weighted by atomic mass is 10.0. The van der Waals surface area contributed by atoms with Crippen LogP contribution in [0.2, 0.25) is 0 Å². The van der Waals surface area contributed by atoms with Gasteiger partial charge in [0.05, 0.1) is 48.4 Å². The van der Waals surface area contributed by atoms with Gasteiger partial charge in [0.15, 0.2) is 0 Å². The molecule has 4 heterocycles. The highest BCUT2D eigenvalue weighted by Crippen LogP contribution is 2.29. The summed E-state index contributed by atoms with van der Waals surface area (Å²) < 4.78 is 7.34. The molecule has 3 aromatic heterocycles. The third-order valence-corrected chi connectivity index (χ3v) is 7.35. The lowest BCUT2D eigenvalue weighted by molar-refractivity contribution is -0.191. The van der Waals surface area contributed by atoms with E-state index in [4.69, 9.17) is 24.3 Å². The summed E-state index contributed by atoms with van der Waals surface area (Å²) >= 11 is 0. The van der Waals surface area contributed by atoms with E-state index >= 15 is 0 Å². The molecule has 11 nitrogen and oxygen atoms in total. The van der Waals surface area contributed by atoms with Crippen LogP contribution in [0.4, 0.5) is 11.6 Å². The fourth-order valence-electron chi connectivity index (χ4n) is 5.25. The number of aromatic nitrogens is 5. The predicted molar refractivity (Wildman–Crippen MR) is 168 cm³/mol. The average Bonchev–Trinajstić information content (AvgIpc) is 3.79. The summed E-state index contributed by atoms with van der Waals surface area (Å²) in [5.74, 6) is 1.69. The van der Waals surface area contributed by atoms with Crippen molar-refractivity contribution in [3.05, 3.63) is 108 Å². The standard InChI is InChI=1S/C33H32N8O.CO2/c1-42-23-31(25-10-3-2-4-11-25)37-32-19-27(18-29(36-32)26-12-7-9-24(17-26)20-34)30-22-41(39-38-30)21-28-13-8-14-33(35-28)40-15-5-6-16-40;2-1-3/h2-4,7-14,17-19,22,31H,5-6,15-16,21,23H2,1H3,(H,36,37);/t31-;/m0./s1. The summed E-state index contributed by atoms with van der Waals surface area (Å²) in [5.41, 5.74) is 5.76. The van der Waals surface area contributed by atoms with Crippen molar-refractivity contribution < 1.29 is 14.3 Å². The van der Waals surface area contributed by atoms with Crippen LogP contribution in [0.25, 0.3) is 22.5 Å². The molecule has 0 bridgehead atoms. The quantitative estimate of drug-likeness (QED) is 0.229. The Labute approximate surface area is 261 Å². The van der Waals surface area contributed by atoms with Crippen LogP contribution in [0.5, 0.6) is 0 Å². The van der Waals surface area contributed by atoms with E-state index in [0.29, 0.717) is 24.5 Å². The molecule has 1 fully saturated rings. The molecule has 1 atom stereocenters. The molecule has 226 valence electrons. The number of rotatable bonds is 10. The van der Waals surface area contributed by atoms with Gasteiger partial charge in [0.2, 0.25) is 0 Å². The monoisotopic (exact) mass is 600 g/mol. The molecule has 1 N–H and O–H groups in total. The second-order valence-electron chi connectivity index (χ2n) is 10.4. The van der Waals surface area contributed by atoms with Crippen LogP contribution in [-0.2, 0) is 20.9 Å². The molecule has 1 aliphatic rings. The number of nitrogens with one attached hydrogen (secondary N) is 1. The summed E-state index contributed by atoms with van der Waals surface area (Å²) in [6, 6.07) is 29.8. The van der Waals surface area contributed by atoms with Crippen molar-refractivity contribution in [1.29, 1.82) is 5.26 Å². The highest BCUT2D eigenvalue weighted by Gasteiger charge is 2.17. The van der Waals surface area contributed by atoms with Crippen molar-refractivity contribution >= 4 is 17.8 Å². The molecule has 11 heteroatoms. The van der Waals surface area contributed by atoms with E-state index in [2.05, 4.69) is 50.9 Å². The van der Waals surface area contributed by atoms with E-state index in [1.165, 1.54) is 12.8 Å². The zero-order chi connectivity index (χ0) is 31.4. The second kappa shape index (κ2) is 15.2. The number of nitriles is 1. The normalized spacial score (nSPS) is 12.8. The lowest BCUT2D eigenvalue weighted by Gasteiger charge is -2.20. The van der Waals surface area contributed by atoms with Crippen LogP contribution >= 0.6 is 0 Å². The first-order valence-corrected chi connectivity index (χ1v) is 14.5. The highest BCUT2D eigenvalue weighted by atomic mass is 16.5. The van der Waals surface area contributed by atoms with E-state index < -0.39 is 0 Å². The van der Waals surface area contributed by atoms with Gasteiger partial charge in [-0.1, -0.05) is 53.7 Å². The maximum Gasteiger partial charge on any atom is 0.373 e. The minimum Gasteiger partial charge on any atom is -0.382 e. The maximum absolute atomic E-state index is 9.48. The summed E-state index contributed by atoms with van der Waals surface area (Å²) in [7, 11) is 1.69. The fourth-order valence-corrected chi connectivity index (χ4v) is 5.25. The van der Waals surface area contributed by atoms with E-state index in [0.717, 1.165) is 52.7 Å². The van der Waals surface area contributed by atoms with Gasteiger partial charge in [-0.15, -0.1) is 5.10 Å². The molecule has 0 radical (unpaired) electrons. The maximum atomic E-state index is 9.48. The molecule has 0 aliphatic carbocycles. The van der Waals surface area contributed by atoms with Crippen LogP contribution in [0, 0.1) is 11.3 Å². The molecule has 1 saturated heterocycles. The zero-order valence-corrected chi connectivity index (χ0v) is 24.8. The number of carbonyl (C=O) groups excluding carboxylic acids is 2. The third kappa shape index (κ3) is 8.03. The van der Waals surface area contributed by atoms with Crippen molar-refractivity contribution in [2.75, 3.05) is 37.0 Å². The van der Waals surface area contributed by atoms with Crippen LogP contribution < -0.4 is 10.2 Å². The van der Waals surface area contributed by atoms with Gasteiger partial charge >= 0.3 is 6.15 Å². The van der Waals surface area contributed by atoms with Gasteiger partial charge < -0.3 is 15.0 Å². The smallest absolute Gasteiger partial charge is 0.373 e. The van der Waals surface area contributed by atoms with Gasteiger partial charge in [-0.05, 0) is 54.8 Å². The Morgan fingerprint density at radius 3 is 2.44 bits per heavy atom. The number of pyridine rings is 2. The Morgan fingerprint density at radius 2 is 1.69 bits per heavy atom. The number of methoxy groups -OCH3 is 1. The first-order valence-electron chi connectivity index (χ1n) is 14.5. The van der Waals surface area contributed by atoms with Crippen molar-refractivity contribution in [2.24, 2.45) is 0 Å². The topological polar surface area (TPSA) is 139 Å². The molecule has 6 rings (SSSR count). The summed E-state index contributed by atoms with van der Waals surface area (Å²) in [6.07, 6.45) is 4.60. The van der Waals surface area contributed by atoms with Crippen molar-refractivity contribution in [3.8, 4) is 28.6 Å². The molecule has 1 aliphatic heterocycles. The Morgan fingerprint density at radius 1 is 0.911 bits per heavy atom. The Hall–Kier alpha value is -5.69. The molecule has 0 unspecified atom stereocenters. The number of anilines is 2.